The van der Waals surface area contributed by atoms with Crippen LogP contribution in [0.25, 0.3) is 0 Å². The predicted molar refractivity (Wildman–Crippen MR) is 143 cm³/mol. The molecule has 0 aromatic heterocycles. The third-order valence-electron chi connectivity index (χ3n) is 6.34. The van der Waals surface area contributed by atoms with Crippen LogP contribution in [0.5, 0.6) is 0 Å². The normalized spacial score (nSPS) is 12.5. The van der Waals surface area contributed by atoms with Crippen molar-refractivity contribution in [2.45, 2.75) is 65.2 Å². The average molecular weight is 431 g/mol. The van der Waals surface area contributed by atoms with E-state index in [1.807, 2.05) is 0 Å². The van der Waals surface area contributed by atoms with E-state index in [0.717, 1.165) is 5.92 Å². The lowest BCUT2D eigenvalue weighted by atomic mass is 9.97. The molecule has 0 spiro atoms. The monoisotopic (exact) mass is 430 g/mol. The maximum absolute atomic E-state index is 2.69. The highest BCUT2D eigenvalue weighted by Crippen LogP contribution is 2.44. The van der Waals surface area contributed by atoms with Gasteiger partial charge in [-0.05, 0) is 41.6 Å². The standard InChI is InChI=1S/C30H39P/c1-3-4-5-9-18-27(2)19-16-17-26-31(28-20-10-6-11-21-28,29-22-12-7-13-23-29)30-24-14-8-15-25-30/h6-8,10-15,20-27H,3-5,9,16-19H2,1-2H3/t27-/m0/s1. The van der Waals surface area contributed by atoms with E-state index in [0.29, 0.717) is 0 Å². The maximum atomic E-state index is 2.69. The Morgan fingerprint density at radius 2 is 1.06 bits per heavy atom. The SMILES string of the molecule is CCCCCC[C@H](C)CCCC=P(c1ccccc1)(c1ccccc1)c1ccccc1. The van der Waals surface area contributed by atoms with Crippen molar-refractivity contribution in [2.75, 3.05) is 0 Å². The summed E-state index contributed by atoms with van der Waals surface area (Å²) in [4.78, 5) is 0. The van der Waals surface area contributed by atoms with Gasteiger partial charge in [0.25, 0.3) is 0 Å². The minimum Gasteiger partial charge on any atom is -0.0742 e. The van der Waals surface area contributed by atoms with Crippen molar-refractivity contribution in [3.8, 4) is 0 Å². The smallest absolute Gasteiger partial charge is 0.0163 e. The van der Waals surface area contributed by atoms with E-state index in [1.54, 1.807) is 0 Å². The van der Waals surface area contributed by atoms with Crippen LogP contribution in [-0.2, 0) is 0 Å². The van der Waals surface area contributed by atoms with Crippen LogP contribution in [0.2, 0.25) is 0 Å². The lowest BCUT2D eigenvalue weighted by Crippen LogP contribution is -2.27. The van der Waals surface area contributed by atoms with E-state index in [1.165, 1.54) is 67.3 Å². The zero-order valence-electron chi connectivity index (χ0n) is 19.4. The molecular formula is C30H39P. The van der Waals surface area contributed by atoms with Crippen LogP contribution in [0.1, 0.15) is 65.2 Å². The Hall–Kier alpha value is -2.04. The molecule has 0 heterocycles. The van der Waals surface area contributed by atoms with E-state index in [2.05, 4.69) is 111 Å². The quantitative estimate of drug-likeness (QED) is 0.205. The van der Waals surface area contributed by atoms with Crippen LogP contribution < -0.4 is 15.9 Å². The highest BCUT2D eigenvalue weighted by molar-refractivity contribution is 7.94. The van der Waals surface area contributed by atoms with Gasteiger partial charge in [-0.15, -0.1) is 0 Å². The molecule has 0 fully saturated rings. The second-order valence-electron chi connectivity index (χ2n) is 8.80. The highest BCUT2D eigenvalue weighted by Gasteiger charge is 2.24. The molecule has 0 unspecified atom stereocenters. The fraction of sp³-hybridized carbons (Fsp3) is 0.367. The van der Waals surface area contributed by atoms with Gasteiger partial charge in [0, 0.05) is 0 Å². The van der Waals surface area contributed by atoms with Crippen molar-refractivity contribution in [1.82, 2.24) is 0 Å². The second kappa shape index (κ2) is 12.7. The summed E-state index contributed by atoms with van der Waals surface area (Å²) in [7, 11) is 0. The van der Waals surface area contributed by atoms with Crippen molar-refractivity contribution in [2.24, 2.45) is 5.92 Å². The van der Waals surface area contributed by atoms with Gasteiger partial charge < -0.3 is 0 Å². The number of hydrogen-bond acceptors (Lipinski definition) is 0. The van der Waals surface area contributed by atoms with Crippen molar-refractivity contribution in [3.05, 3.63) is 91.0 Å². The Morgan fingerprint density at radius 3 is 1.52 bits per heavy atom. The van der Waals surface area contributed by atoms with Gasteiger partial charge in [0.1, 0.15) is 0 Å². The molecule has 0 N–H and O–H groups in total. The maximum Gasteiger partial charge on any atom is -0.0163 e. The minimum atomic E-state index is -1.77. The first-order valence-electron chi connectivity index (χ1n) is 12.2. The second-order valence-corrected chi connectivity index (χ2v) is 12.2. The first-order valence-corrected chi connectivity index (χ1v) is 14.0. The molecule has 0 aliphatic rings. The van der Waals surface area contributed by atoms with Crippen LogP contribution in [0.15, 0.2) is 91.0 Å². The summed E-state index contributed by atoms with van der Waals surface area (Å²) in [6, 6.07) is 33.6. The Morgan fingerprint density at radius 1 is 0.613 bits per heavy atom. The first-order chi connectivity index (χ1) is 15.3. The molecular weight excluding hydrogens is 391 g/mol. The first kappa shape index (κ1) is 23.6. The number of rotatable bonds is 12. The van der Waals surface area contributed by atoms with Crippen LogP contribution in [-0.4, -0.2) is 5.80 Å². The molecule has 3 rings (SSSR count). The molecule has 3 aromatic rings. The predicted octanol–water partition coefficient (Wildman–Crippen LogP) is 7.56. The summed E-state index contributed by atoms with van der Waals surface area (Å²) in [5, 5.41) is 4.38. The van der Waals surface area contributed by atoms with Gasteiger partial charge in [-0.25, -0.2) is 0 Å². The number of benzene rings is 3. The summed E-state index contributed by atoms with van der Waals surface area (Å²) >= 11 is 0. The van der Waals surface area contributed by atoms with Crippen molar-refractivity contribution < 1.29 is 0 Å². The molecule has 0 aliphatic heterocycles. The lowest BCUT2D eigenvalue weighted by Gasteiger charge is -2.29. The fourth-order valence-electron chi connectivity index (χ4n) is 4.57. The molecule has 3 aromatic carbocycles. The number of hydrogen-bond donors (Lipinski definition) is 0. The molecule has 0 saturated carbocycles. The topological polar surface area (TPSA) is 0 Å². The van der Waals surface area contributed by atoms with E-state index in [4.69, 9.17) is 0 Å². The lowest BCUT2D eigenvalue weighted by molar-refractivity contribution is 0.451. The highest BCUT2D eigenvalue weighted by atomic mass is 31.2. The van der Waals surface area contributed by atoms with Gasteiger partial charge in [-0.3, -0.25) is 0 Å². The fourth-order valence-corrected chi connectivity index (χ4v) is 8.59. The largest absolute Gasteiger partial charge is 0.0742 e. The molecule has 0 saturated heterocycles. The zero-order chi connectivity index (χ0) is 21.8. The molecule has 0 bridgehead atoms. The van der Waals surface area contributed by atoms with E-state index < -0.39 is 6.89 Å². The van der Waals surface area contributed by atoms with Crippen molar-refractivity contribution in [1.29, 1.82) is 0 Å². The molecule has 31 heavy (non-hydrogen) atoms. The summed E-state index contributed by atoms with van der Waals surface area (Å²) in [6.07, 6.45) is 10.7. The van der Waals surface area contributed by atoms with E-state index >= 15 is 0 Å². The zero-order valence-corrected chi connectivity index (χ0v) is 20.3. The van der Waals surface area contributed by atoms with Gasteiger partial charge in [-0.2, -0.15) is 0 Å². The van der Waals surface area contributed by atoms with Gasteiger partial charge >= 0.3 is 0 Å². The third kappa shape index (κ3) is 6.47. The van der Waals surface area contributed by atoms with Crippen LogP contribution in [0.4, 0.5) is 0 Å². The van der Waals surface area contributed by atoms with Gasteiger partial charge in [0.2, 0.25) is 0 Å². The van der Waals surface area contributed by atoms with E-state index in [-0.39, 0.29) is 0 Å². The van der Waals surface area contributed by atoms with Gasteiger partial charge in [0.05, 0.1) is 0 Å². The molecule has 0 radical (unpaired) electrons. The van der Waals surface area contributed by atoms with Gasteiger partial charge in [0.15, 0.2) is 0 Å². The Bertz CT molecular complexity index is 809. The molecule has 164 valence electrons. The Balaban J connectivity index is 1.88. The molecule has 1 atom stereocenters. The van der Waals surface area contributed by atoms with Gasteiger partial charge in [-0.1, -0.05) is 149 Å². The van der Waals surface area contributed by atoms with Crippen LogP contribution in [0.3, 0.4) is 0 Å². The summed E-state index contributed by atoms with van der Waals surface area (Å²) < 4.78 is 0. The summed E-state index contributed by atoms with van der Waals surface area (Å²) in [6.45, 7) is 2.97. The van der Waals surface area contributed by atoms with Crippen molar-refractivity contribution >= 4 is 28.6 Å². The Labute approximate surface area is 190 Å². The average Bonchev–Trinajstić information content (AvgIpc) is 2.84. The third-order valence-corrected chi connectivity index (χ3v) is 10.5. The van der Waals surface area contributed by atoms with Crippen LogP contribution >= 0.6 is 6.89 Å². The molecule has 0 aliphatic carbocycles. The minimum absolute atomic E-state index is 0.836. The number of unbranched alkanes of at least 4 members (excludes halogenated alkanes) is 4. The molecule has 1 heteroatoms. The molecule has 0 nitrogen and oxygen atoms in total. The summed E-state index contributed by atoms with van der Waals surface area (Å²) in [5.74, 6) is 3.53. The van der Waals surface area contributed by atoms with Crippen LogP contribution in [0, 0.1) is 5.92 Å². The summed E-state index contributed by atoms with van der Waals surface area (Å²) in [5.41, 5.74) is 0. The van der Waals surface area contributed by atoms with Crippen molar-refractivity contribution in [3.63, 3.8) is 0 Å². The Kier molecular flexibility index (Phi) is 9.70. The van der Waals surface area contributed by atoms with E-state index in [9.17, 15) is 0 Å². The molecule has 0 amide bonds.